The summed E-state index contributed by atoms with van der Waals surface area (Å²) in [6, 6.07) is 0. The molecule has 1 saturated carbocycles. The molecule has 0 bridgehead atoms. The van der Waals surface area contributed by atoms with Crippen LogP contribution in [0.4, 0.5) is 0 Å². The van der Waals surface area contributed by atoms with Gasteiger partial charge in [0.15, 0.2) is 0 Å². The number of aliphatic hydroxyl groups is 1. The van der Waals surface area contributed by atoms with Crippen molar-refractivity contribution in [2.75, 3.05) is 13.2 Å². The Morgan fingerprint density at radius 1 is 1.29 bits per heavy atom. The quantitative estimate of drug-likeness (QED) is 0.723. The molecule has 0 amide bonds. The Hall–Kier alpha value is -0.0800. The van der Waals surface area contributed by atoms with Crippen molar-refractivity contribution < 1.29 is 9.84 Å². The average molecular weight is 242 g/mol. The van der Waals surface area contributed by atoms with Gasteiger partial charge in [-0.15, -0.1) is 0 Å². The fraction of sp³-hybridized carbons (Fsp3) is 1.00. The smallest absolute Gasteiger partial charge is 0.0658 e. The maximum Gasteiger partial charge on any atom is 0.0658 e. The molecule has 17 heavy (non-hydrogen) atoms. The molecule has 0 aromatic heterocycles. The highest BCUT2D eigenvalue weighted by atomic mass is 16.5. The van der Waals surface area contributed by atoms with Crippen molar-refractivity contribution >= 4 is 0 Å². The molecule has 0 heterocycles. The van der Waals surface area contributed by atoms with Gasteiger partial charge in [-0.2, -0.15) is 0 Å². The number of hydrogen-bond donors (Lipinski definition) is 1. The van der Waals surface area contributed by atoms with Crippen LogP contribution in [0.1, 0.15) is 53.4 Å². The summed E-state index contributed by atoms with van der Waals surface area (Å²) in [7, 11) is 0. The molecule has 0 saturated heterocycles. The van der Waals surface area contributed by atoms with E-state index in [4.69, 9.17) is 4.74 Å². The summed E-state index contributed by atoms with van der Waals surface area (Å²) in [6.45, 7) is 10.1. The van der Waals surface area contributed by atoms with Gasteiger partial charge in [0.25, 0.3) is 0 Å². The molecule has 0 radical (unpaired) electrons. The van der Waals surface area contributed by atoms with Crippen molar-refractivity contribution in [2.45, 2.75) is 59.5 Å². The van der Waals surface area contributed by atoms with Crippen LogP contribution in [0.15, 0.2) is 0 Å². The first kappa shape index (κ1) is 15.0. The molecule has 1 fully saturated rings. The van der Waals surface area contributed by atoms with Gasteiger partial charge in [-0.05, 0) is 37.0 Å². The molecule has 2 heteroatoms. The molecule has 4 atom stereocenters. The minimum Gasteiger partial charge on any atom is -0.396 e. The second-order valence-electron chi connectivity index (χ2n) is 6.00. The number of hydrogen-bond acceptors (Lipinski definition) is 2. The number of unbranched alkanes of at least 4 members (excludes halogenated alkanes) is 1. The van der Waals surface area contributed by atoms with Crippen LogP contribution in [0.5, 0.6) is 0 Å². The second kappa shape index (κ2) is 7.38. The monoisotopic (exact) mass is 242 g/mol. The molecule has 1 N–H and O–H groups in total. The predicted molar refractivity (Wildman–Crippen MR) is 71.9 cm³/mol. The van der Waals surface area contributed by atoms with E-state index in [9.17, 15) is 5.11 Å². The van der Waals surface area contributed by atoms with Gasteiger partial charge in [0.2, 0.25) is 0 Å². The largest absolute Gasteiger partial charge is 0.396 e. The zero-order valence-corrected chi connectivity index (χ0v) is 12.0. The van der Waals surface area contributed by atoms with Crippen LogP contribution < -0.4 is 0 Å². The van der Waals surface area contributed by atoms with Gasteiger partial charge in [0.05, 0.1) is 6.10 Å². The Morgan fingerprint density at radius 2 is 2.00 bits per heavy atom. The van der Waals surface area contributed by atoms with Gasteiger partial charge in [-0.25, -0.2) is 0 Å². The van der Waals surface area contributed by atoms with Gasteiger partial charge in [0, 0.05) is 19.1 Å². The fourth-order valence-electron chi connectivity index (χ4n) is 3.08. The highest BCUT2D eigenvalue weighted by molar-refractivity contribution is 4.88. The third-order valence-corrected chi connectivity index (χ3v) is 4.41. The Labute approximate surface area is 107 Å². The minimum absolute atomic E-state index is 0.273. The molecule has 0 aromatic rings. The lowest BCUT2D eigenvalue weighted by Crippen LogP contribution is -2.44. The lowest BCUT2D eigenvalue weighted by molar-refractivity contribution is -0.0937. The van der Waals surface area contributed by atoms with E-state index in [0.29, 0.717) is 23.7 Å². The molecule has 0 spiro atoms. The summed E-state index contributed by atoms with van der Waals surface area (Å²) < 4.78 is 6.11. The number of ether oxygens (including phenoxy) is 1. The Morgan fingerprint density at radius 3 is 2.53 bits per heavy atom. The first-order valence-electron chi connectivity index (χ1n) is 7.34. The summed E-state index contributed by atoms with van der Waals surface area (Å²) in [5.74, 6) is 2.22. The molecule has 1 aliphatic carbocycles. The van der Waals surface area contributed by atoms with E-state index in [1.807, 2.05) is 0 Å². The molecule has 2 nitrogen and oxygen atoms in total. The van der Waals surface area contributed by atoms with Gasteiger partial charge in [-0.1, -0.05) is 34.1 Å². The van der Waals surface area contributed by atoms with E-state index in [1.54, 1.807) is 0 Å². The summed E-state index contributed by atoms with van der Waals surface area (Å²) in [4.78, 5) is 0. The lowest BCUT2D eigenvalue weighted by Gasteiger charge is -2.43. The number of rotatable bonds is 6. The van der Waals surface area contributed by atoms with E-state index in [1.165, 1.54) is 19.3 Å². The standard InChI is InChI=1S/C15H30O2/c1-5-6-9-17-15-13(11(2)3)8-7-12(4)14(15)10-16/h11-16H,5-10H2,1-4H3. The van der Waals surface area contributed by atoms with Gasteiger partial charge >= 0.3 is 0 Å². The van der Waals surface area contributed by atoms with Crippen molar-refractivity contribution in [3.05, 3.63) is 0 Å². The molecule has 0 aliphatic heterocycles. The molecule has 1 aliphatic rings. The van der Waals surface area contributed by atoms with E-state index < -0.39 is 0 Å². The van der Waals surface area contributed by atoms with Crippen molar-refractivity contribution in [1.29, 1.82) is 0 Å². The summed E-state index contributed by atoms with van der Waals surface area (Å²) in [5.41, 5.74) is 0. The van der Waals surface area contributed by atoms with Gasteiger partial charge in [0.1, 0.15) is 0 Å². The molecular formula is C15H30O2. The van der Waals surface area contributed by atoms with Crippen molar-refractivity contribution in [3.8, 4) is 0 Å². The highest BCUT2D eigenvalue weighted by Crippen LogP contribution is 2.39. The van der Waals surface area contributed by atoms with Crippen molar-refractivity contribution in [3.63, 3.8) is 0 Å². The lowest BCUT2D eigenvalue weighted by atomic mass is 9.69. The maximum atomic E-state index is 9.61. The van der Waals surface area contributed by atoms with Crippen LogP contribution in [0.25, 0.3) is 0 Å². The number of aliphatic hydroxyl groups excluding tert-OH is 1. The van der Waals surface area contributed by atoms with Crippen LogP contribution in [0.2, 0.25) is 0 Å². The van der Waals surface area contributed by atoms with Crippen LogP contribution in [-0.4, -0.2) is 24.4 Å². The molecule has 102 valence electrons. The van der Waals surface area contributed by atoms with Crippen LogP contribution in [-0.2, 0) is 4.74 Å². The highest BCUT2D eigenvalue weighted by Gasteiger charge is 2.38. The first-order valence-corrected chi connectivity index (χ1v) is 7.34. The second-order valence-corrected chi connectivity index (χ2v) is 6.00. The van der Waals surface area contributed by atoms with Crippen LogP contribution in [0, 0.1) is 23.7 Å². The Balaban J connectivity index is 2.64. The SMILES string of the molecule is CCCCOC1C(C(C)C)CCC(C)C1CO. The molecule has 1 rings (SSSR count). The normalized spacial score (nSPS) is 34.2. The van der Waals surface area contributed by atoms with Crippen molar-refractivity contribution in [2.24, 2.45) is 23.7 Å². The Kier molecular flexibility index (Phi) is 6.50. The van der Waals surface area contributed by atoms with E-state index >= 15 is 0 Å². The summed E-state index contributed by atoms with van der Waals surface area (Å²) in [5, 5.41) is 9.61. The van der Waals surface area contributed by atoms with Crippen LogP contribution in [0.3, 0.4) is 0 Å². The van der Waals surface area contributed by atoms with E-state index in [2.05, 4.69) is 27.7 Å². The van der Waals surface area contributed by atoms with Crippen LogP contribution >= 0.6 is 0 Å². The van der Waals surface area contributed by atoms with Gasteiger partial charge in [-0.3, -0.25) is 0 Å². The molecular weight excluding hydrogens is 212 g/mol. The summed E-state index contributed by atoms with van der Waals surface area (Å²) in [6.07, 6.45) is 5.08. The van der Waals surface area contributed by atoms with E-state index in [0.717, 1.165) is 13.0 Å². The topological polar surface area (TPSA) is 29.5 Å². The molecule has 4 unspecified atom stereocenters. The zero-order chi connectivity index (χ0) is 12.8. The third-order valence-electron chi connectivity index (χ3n) is 4.41. The summed E-state index contributed by atoms with van der Waals surface area (Å²) >= 11 is 0. The third kappa shape index (κ3) is 3.96. The fourth-order valence-corrected chi connectivity index (χ4v) is 3.08. The first-order chi connectivity index (χ1) is 8.11. The minimum atomic E-state index is 0.273. The van der Waals surface area contributed by atoms with Gasteiger partial charge < -0.3 is 9.84 Å². The average Bonchev–Trinajstić information content (AvgIpc) is 2.29. The molecule has 0 aromatic carbocycles. The van der Waals surface area contributed by atoms with E-state index in [-0.39, 0.29) is 12.7 Å². The predicted octanol–water partition coefficient (Wildman–Crippen LogP) is 3.48. The Bertz CT molecular complexity index is 201. The van der Waals surface area contributed by atoms with Crippen molar-refractivity contribution in [1.82, 2.24) is 0 Å². The zero-order valence-electron chi connectivity index (χ0n) is 12.0. The maximum absolute atomic E-state index is 9.61.